The lowest BCUT2D eigenvalue weighted by Gasteiger charge is -2.24. The number of nitrogens with zero attached hydrogens (tertiary/aromatic N) is 1. The second kappa shape index (κ2) is 4.63. The molecular formula is C12H15NO4. The fraction of sp³-hybridized carbons (Fsp3) is 0.417. The lowest BCUT2D eigenvalue weighted by atomic mass is 10.1. The highest BCUT2D eigenvalue weighted by atomic mass is 16.5. The molecule has 1 atom stereocenters. The Kier molecular flexibility index (Phi) is 3.19. The first-order chi connectivity index (χ1) is 8.11. The highest BCUT2D eigenvalue weighted by Crippen LogP contribution is 2.37. The zero-order valence-electron chi connectivity index (χ0n) is 9.59. The zero-order valence-corrected chi connectivity index (χ0v) is 9.59. The van der Waals surface area contributed by atoms with Crippen LogP contribution in [0.25, 0.3) is 0 Å². The first kappa shape index (κ1) is 11.7. The van der Waals surface area contributed by atoms with Gasteiger partial charge in [-0.25, -0.2) is 0 Å². The van der Waals surface area contributed by atoms with Gasteiger partial charge in [-0.05, 0) is 18.7 Å². The van der Waals surface area contributed by atoms with Crippen LogP contribution in [0, 0.1) is 0 Å². The summed E-state index contributed by atoms with van der Waals surface area (Å²) in [4.78, 5) is 12.6. The van der Waals surface area contributed by atoms with E-state index in [0.29, 0.717) is 18.9 Å². The normalized spacial score (nSPS) is 17.9. The summed E-state index contributed by atoms with van der Waals surface area (Å²) in [6.07, 6.45) is 0. The van der Waals surface area contributed by atoms with E-state index in [9.17, 15) is 9.90 Å². The van der Waals surface area contributed by atoms with E-state index in [2.05, 4.69) is 0 Å². The molecule has 5 nitrogen and oxygen atoms in total. The largest absolute Gasteiger partial charge is 0.508 e. The summed E-state index contributed by atoms with van der Waals surface area (Å²) in [5.41, 5.74) is 0.936. The Hall–Kier alpha value is -1.75. The molecule has 0 bridgehead atoms. The molecule has 0 amide bonds. The Labute approximate surface area is 99.2 Å². The van der Waals surface area contributed by atoms with E-state index < -0.39 is 5.97 Å². The third kappa shape index (κ3) is 2.34. The van der Waals surface area contributed by atoms with E-state index in [4.69, 9.17) is 9.84 Å². The molecule has 5 heteroatoms. The molecular weight excluding hydrogens is 222 g/mol. The van der Waals surface area contributed by atoms with Gasteiger partial charge in [0.2, 0.25) is 0 Å². The molecule has 17 heavy (non-hydrogen) atoms. The van der Waals surface area contributed by atoms with Crippen molar-refractivity contribution in [1.82, 2.24) is 4.90 Å². The number of benzene rings is 1. The summed E-state index contributed by atoms with van der Waals surface area (Å²) < 4.78 is 5.46. The predicted molar refractivity (Wildman–Crippen MR) is 61.2 cm³/mol. The number of aromatic hydroxyl groups is 1. The number of aliphatic carboxylic acids is 1. The van der Waals surface area contributed by atoms with Crippen LogP contribution in [0.2, 0.25) is 0 Å². The molecule has 2 N–H and O–H groups in total. The van der Waals surface area contributed by atoms with Gasteiger partial charge in [0.05, 0.1) is 12.6 Å². The van der Waals surface area contributed by atoms with Crippen LogP contribution >= 0.6 is 0 Å². The van der Waals surface area contributed by atoms with E-state index in [-0.39, 0.29) is 18.3 Å². The molecule has 1 aromatic carbocycles. The van der Waals surface area contributed by atoms with Gasteiger partial charge in [0, 0.05) is 11.6 Å². The van der Waals surface area contributed by atoms with Gasteiger partial charge in [-0.15, -0.1) is 0 Å². The van der Waals surface area contributed by atoms with Gasteiger partial charge in [0.25, 0.3) is 0 Å². The van der Waals surface area contributed by atoms with Crippen molar-refractivity contribution in [3.63, 3.8) is 0 Å². The smallest absolute Gasteiger partial charge is 0.317 e. The quantitative estimate of drug-likeness (QED) is 0.824. The van der Waals surface area contributed by atoms with Crippen LogP contribution in [0.5, 0.6) is 11.5 Å². The first-order valence-corrected chi connectivity index (χ1v) is 5.53. The van der Waals surface area contributed by atoms with Gasteiger partial charge in [-0.3, -0.25) is 9.69 Å². The maximum Gasteiger partial charge on any atom is 0.317 e. The molecule has 2 rings (SSSR count). The molecule has 0 aliphatic carbocycles. The summed E-state index contributed by atoms with van der Waals surface area (Å²) in [6, 6.07) is 4.89. The molecule has 0 aromatic heterocycles. The number of carbonyl (C=O) groups is 1. The molecule has 0 fully saturated rings. The van der Waals surface area contributed by atoms with Gasteiger partial charge in [0.1, 0.15) is 18.1 Å². The highest BCUT2D eigenvalue weighted by Gasteiger charge is 2.29. The molecule has 0 spiro atoms. The van der Waals surface area contributed by atoms with E-state index in [0.717, 1.165) is 5.56 Å². The third-order valence-corrected chi connectivity index (χ3v) is 2.94. The Morgan fingerprint density at radius 2 is 2.35 bits per heavy atom. The number of fused-ring (bicyclic) bond motifs is 1. The Morgan fingerprint density at radius 1 is 1.59 bits per heavy atom. The fourth-order valence-corrected chi connectivity index (χ4v) is 2.10. The molecule has 0 radical (unpaired) electrons. The lowest BCUT2D eigenvalue weighted by molar-refractivity contribution is -0.138. The number of hydrogen-bond donors (Lipinski definition) is 2. The summed E-state index contributed by atoms with van der Waals surface area (Å²) in [5.74, 6) is -0.0522. The molecule has 0 saturated heterocycles. The van der Waals surface area contributed by atoms with Crippen LogP contribution in [-0.2, 0) is 4.79 Å². The summed E-state index contributed by atoms with van der Waals surface area (Å²) in [5, 5.41) is 18.2. The van der Waals surface area contributed by atoms with Crippen LogP contribution in [0.15, 0.2) is 18.2 Å². The van der Waals surface area contributed by atoms with Crippen molar-refractivity contribution in [1.29, 1.82) is 0 Å². The third-order valence-electron chi connectivity index (χ3n) is 2.94. The first-order valence-electron chi connectivity index (χ1n) is 5.53. The number of ether oxygens (including phenoxy) is 1. The summed E-state index contributed by atoms with van der Waals surface area (Å²) in [6.45, 7) is 2.98. The van der Waals surface area contributed by atoms with Crippen LogP contribution in [0.4, 0.5) is 0 Å². The van der Waals surface area contributed by atoms with Crippen molar-refractivity contribution >= 4 is 5.97 Å². The van der Waals surface area contributed by atoms with Crippen molar-refractivity contribution < 1.29 is 19.7 Å². The molecule has 1 unspecified atom stereocenters. The predicted octanol–water partition coefficient (Wildman–Crippen LogP) is 1.23. The van der Waals surface area contributed by atoms with E-state index >= 15 is 0 Å². The Morgan fingerprint density at radius 3 is 3.00 bits per heavy atom. The molecule has 1 aliphatic rings. The summed E-state index contributed by atoms with van der Waals surface area (Å²) >= 11 is 0. The number of phenols is 1. The van der Waals surface area contributed by atoms with Gasteiger partial charge >= 0.3 is 5.97 Å². The molecule has 1 aromatic rings. The van der Waals surface area contributed by atoms with Gasteiger partial charge in [0.15, 0.2) is 0 Å². The van der Waals surface area contributed by atoms with E-state index in [1.54, 1.807) is 18.2 Å². The number of carboxylic acid groups (broad SMARTS) is 1. The fourth-order valence-electron chi connectivity index (χ4n) is 2.10. The van der Waals surface area contributed by atoms with Gasteiger partial charge < -0.3 is 14.9 Å². The number of likely N-dealkylation sites (N-methyl/N-ethyl adjacent to an activating group) is 1. The standard InChI is InChI=1S/C12H15NO4/c1-2-13(6-12(15)16)10-7-17-11-5-8(14)3-4-9(10)11/h3-5,10,14H,2,6-7H2,1H3,(H,15,16). The topological polar surface area (TPSA) is 70.0 Å². The SMILES string of the molecule is CCN(CC(=O)O)C1COc2cc(O)ccc21. The Balaban J connectivity index is 2.22. The lowest BCUT2D eigenvalue weighted by Crippen LogP contribution is -2.34. The van der Waals surface area contributed by atoms with E-state index in [1.807, 2.05) is 11.8 Å². The molecule has 92 valence electrons. The number of rotatable bonds is 4. The average molecular weight is 237 g/mol. The number of phenolic OH excluding ortho intramolecular Hbond substituents is 1. The maximum absolute atomic E-state index is 10.8. The zero-order chi connectivity index (χ0) is 12.4. The molecule has 0 saturated carbocycles. The number of hydrogen-bond acceptors (Lipinski definition) is 4. The minimum absolute atomic E-state index is 0.00908. The molecule has 1 heterocycles. The van der Waals surface area contributed by atoms with Gasteiger partial charge in [-0.1, -0.05) is 6.92 Å². The minimum Gasteiger partial charge on any atom is -0.508 e. The van der Waals surface area contributed by atoms with E-state index in [1.165, 1.54) is 0 Å². The summed E-state index contributed by atoms with van der Waals surface area (Å²) in [7, 11) is 0. The van der Waals surface area contributed by atoms with Crippen molar-refractivity contribution in [3.8, 4) is 11.5 Å². The second-order valence-electron chi connectivity index (χ2n) is 4.01. The van der Waals surface area contributed by atoms with Crippen molar-refractivity contribution in [3.05, 3.63) is 23.8 Å². The number of carboxylic acids is 1. The monoisotopic (exact) mass is 237 g/mol. The van der Waals surface area contributed by atoms with Crippen molar-refractivity contribution in [2.45, 2.75) is 13.0 Å². The average Bonchev–Trinajstić information content (AvgIpc) is 2.68. The van der Waals surface area contributed by atoms with Crippen LogP contribution < -0.4 is 4.74 Å². The molecule has 1 aliphatic heterocycles. The minimum atomic E-state index is -0.848. The van der Waals surface area contributed by atoms with Crippen LogP contribution in [-0.4, -0.2) is 40.8 Å². The second-order valence-corrected chi connectivity index (χ2v) is 4.01. The van der Waals surface area contributed by atoms with Crippen molar-refractivity contribution in [2.24, 2.45) is 0 Å². The highest BCUT2D eigenvalue weighted by molar-refractivity contribution is 5.69. The van der Waals surface area contributed by atoms with Crippen LogP contribution in [0.3, 0.4) is 0 Å². The Bertz CT molecular complexity index is 433. The van der Waals surface area contributed by atoms with Crippen LogP contribution in [0.1, 0.15) is 18.5 Å². The van der Waals surface area contributed by atoms with Crippen molar-refractivity contribution in [2.75, 3.05) is 19.7 Å². The van der Waals surface area contributed by atoms with Gasteiger partial charge in [-0.2, -0.15) is 0 Å². The maximum atomic E-state index is 10.8.